The number of aliphatic hydroxyl groups is 1. The van der Waals surface area contributed by atoms with Crippen LogP contribution in [-0.4, -0.2) is 68.1 Å². The number of thiazole rings is 1. The van der Waals surface area contributed by atoms with Gasteiger partial charge in [0.05, 0.1) is 43.5 Å². The highest BCUT2D eigenvalue weighted by Crippen LogP contribution is 2.37. The molecule has 0 spiro atoms. The topological polar surface area (TPSA) is 124 Å². The van der Waals surface area contributed by atoms with Crippen LogP contribution < -0.4 is 10.5 Å². The van der Waals surface area contributed by atoms with Gasteiger partial charge < -0.3 is 25.2 Å². The van der Waals surface area contributed by atoms with E-state index in [2.05, 4.69) is 27.0 Å². The Morgan fingerprint density at radius 3 is 2.59 bits per heavy atom. The lowest BCUT2D eigenvalue weighted by Gasteiger charge is -2.37. The van der Waals surface area contributed by atoms with Gasteiger partial charge in [0.15, 0.2) is 11.6 Å². The molecule has 3 N–H and O–H groups in total. The van der Waals surface area contributed by atoms with Crippen LogP contribution in [0.3, 0.4) is 0 Å². The molecule has 0 saturated carbocycles. The van der Waals surface area contributed by atoms with Crippen LogP contribution in [0.25, 0.3) is 21.8 Å². The van der Waals surface area contributed by atoms with Crippen molar-refractivity contribution in [3.63, 3.8) is 0 Å². The quantitative estimate of drug-likeness (QED) is 0.393. The lowest BCUT2D eigenvalue weighted by Crippen LogP contribution is -2.46. The molecule has 10 nitrogen and oxygen atoms in total. The Hall–Kier alpha value is -3.38. The molecule has 11 heteroatoms. The molecule has 2 aliphatic heterocycles. The molecule has 37 heavy (non-hydrogen) atoms. The number of anilines is 1. The van der Waals surface area contributed by atoms with E-state index in [-0.39, 0.29) is 24.9 Å². The van der Waals surface area contributed by atoms with Crippen molar-refractivity contribution < 1.29 is 14.6 Å². The predicted octanol–water partition coefficient (Wildman–Crippen LogP) is 3.63. The number of nitrogen functional groups attached to an aromatic ring is 1. The van der Waals surface area contributed by atoms with Crippen LogP contribution in [0.15, 0.2) is 43.0 Å². The Morgan fingerprint density at radius 2 is 1.89 bits per heavy atom. The summed E-state index contributed by atoms with van der Waals surface area (Å²) in [7, 11) is 2.14. The van der Waals surface area contributed by atoms with Crippen molar-refractivity contribution in [1.82, 2.24) is 29.6 Å². The van der Waals surface area contributed by atoms with Gasteiger partial charge in [0.2, 0.25) is 0 Å². The minimum atomic E-state index is -1.04. The van der Waals surface area contributed by atoms with Gasteiger partial charge in [0.25, 0.3) is 5.88 Å². The monoisotopic (exact) mass is 519 g/mol. The molecular formula is C26H29N7O3S. The number of nitrogens with two attached hydrogens (primary N) is 1. The molecule has 0 aliphatic carbocycles. The number of rotatable bonds is 6. The van der Waals surface area contributed by atoms with E-state index in [9.17, 15) is 5.11 Å². The van der Waals surface area contributed by atoms with Crippen LogP contribution in [0.2, 0.25) is 0 Å². The van der Waals surface area contributed by atoms with Crippen LogP contribution in [0, 0.1) is 6.92 Å². The highest BCUT2D eigenvalue weighted by molar-refractivity contribution is 7.14. The van der Waals surface area contributed by atoms with Gasteiger partial charge >= 0.3 is 0 Å². The first kappa shape index (κ1) is 24.0. The average Bonchev–Trinajstić information content (AvgIpc) is 3.53. The summed E-state index contributed by atoms with van der Waals surface area (Å²) in [5.41, 5.74) is 8.09. The second-order valence-electron chi connectivity index (χ2n) is 9.84. The average molecular weight is 520 g/mol. The SMILES string of the molecule is Cc1cnc(-c2cc(-c3cnc(N)c(Oc4cnn(C5CCN(C)CC5)c4)n3)cc(C3(O)COC3)c2)s1. The lowest BCUT2D eigenvalue weighted by molar-refractivity contribution is -0.184. The van der Waals surface area contributed by atoms with Gasteiger partial charge in [-0.15, -0.1) is 11.3 Å². The van der Waals surface area contributed by atoms with E-state index in [0.717, 1.165) is 52.5 Å². The first-order valence-electron chi connectivity index (χ1n) is 12.3. The molecule has 0 unspecified atom stereocenters. The molecule has 3 aromatic heterocycles. The lowest BCUT2D eigenvalue weighted by atomic mass is 9.89. The number of benzene rings is 1. The zero-order chi connectivity index (χ0) is 25.6. The molecule has 0 amide bonds. The molecule has 0 atom stereocenters. The summed E-state index contributed by atoms with van der Waals surface area (Å²) in [5, 5.41) is 16.4. The molecule has 2 saturated heterocycles. The van der Waals surface area contributed by atoms with Crippen LogP contribution >= 0.6 is 11.3 Å². The van der Waals surface area contributed by atoms with E-state index >= 15 is 0 Å². The van der Waals surface area contributed by atoms with Crippen LogP contribution in [0.5, 0.6) is 11.6 Å². The van der Waals surface area contributed by atoms with Gasteiger partial charge in [-0.05, 0) is 63.7 Å². The normalized spacial score (nSPS) is 18.0. The van der Waals surface area contributed by atoms with E-state index in [1.165, 1.54) is 0 Å². The Morgan fingerprint density at radius 1 is 1.11 bits per heavy atom. The fourth-order valence-corrected chi connectivity index (χ4v) is 5.41. The van der Waals surface area contributed by atoms with Crippen molar-refractivity contribution in [2.75, 3.05) is 39.1 Å². The highest BCUT2D eigenvalue weighted by atomic mass is 32.1. The summed E-state index contributed by atoms with van der Waals surface area (Å²) in [6, 6.07) is 6.21. The Balaban J connectivity index is 1.31. The molecule has 2 aliphatic rings. The Bertz CT molecular complexity index is 1420. The minimum Gasteiger partial charge on any atom is -0.433 e. The number of nitrogens with zero attached hydrogens (tertiary/aromatic N) is 6. The van der Waals surface area contributed by atoms with E-state index in [4.69, 9.17) is 20.2 Å². The van der Waals surface area contributed by atoms with Gasteiger partial charge in [0, 0.05) is 22.2 Å². The maximum atomic E-state index is 11.0. The third kappa shape index (κ3) is 4.82. The van der Waals surface area contributed by atoms with E-state index in [1.807, 2.05) is 42.2 Å². The smallest absolute Gasteiger partial charge is 0.263 e. The standard InChI is InChI=1S/C26H29N7O3S/c1-16-10-29-25(37-16)18-7-17(8-19(9-18)26(34)14-35-15-26)22-12-28-23(27)24(31-22)36-21-11-30-33(13-21)20-3-5-32(2)6-4-20/h7-13,20,34H,3-6,14-15H2,1-2H3,(H2,27,28). The number of hydrogen-bond acceptors (Lipinski definition) is 10. The van der Waals surface area contributed by atoms with Crippen molar-refractivity contribution >= 4 is 17.2 Å². The van der Waals surface area contributed by atoms with Gasteiger partial charge in [-0.25, -0.2) is 15.0 Å². The second kappa shape index (κ2) is 9.49. The van der Waals surface area contributed by atoms with Crippen LogP contribution in [0.1, 0.15) is 29.3 Å². The number of ether oxygens (including phenoxy) is 2. The number of aromatic nitrogens is 5. The number of aryl methyl sites for hydroxylation is 1. The highest BCUT2D eigenvalue weighted by Gasteiger charge is 2.38. The van der Waals surface area contributed by atoms with Gasteiger partial charge in [-0.2, -0.15) is 5.10 Å². The maximum absolute atomic E-state index is 11.0. The van der Waals surface area contributed by atoms with Crippen molar-refractivity contribution in [2.24, 2.45) is 0 Å². The third-order valence-electron chi connectivity index (χ3n) is 6.94. The van der Waals surface area contributed by atoms with Crippen LogP contribution in [-0.2, 0) is 10.3 Å². The summed E-state index contributed by atoms with van der Waals surface area (Å²) in [6.07, 6.45) is 9.12. The van der Waals surface area contributed by atoms with E-state index < -0.39 is 5.60 Å². The van der Waals surface area contributed by atoms with Gasteiger partial charge in [-0.1, -0.05) is 0 Å². The molecule has 0 bridgehead atoms. The summed E-state index contributed by atoms with van der Waals surface area (Å²) < 4.78 is 13.3. The number of piperidine rings is 1. The first-order chi connectivity index (χ1) is 17.9. The van der Waals surface area contributed by atoms with E-state index in [1.54, 1.807) is 23.7 Å². The minimum absolute atomic E-state index is 0.189. The van der Waals surface area contributed by atoms with Crippen molar-refractivity contribution in [2.45, 2.75) is 31.4 Å². The largest absolute Gasteiger partial charge is 0.433 e. The first-order valence-corrected chi connectivity index (χ1v) is 13.1. The summed E-state index contributed by atoms with van der Waals surface area (Å²) in [6.45, 7) is 4.60. The second-order valence-corrected chi connectivity index (χ2v) is 11.1. The summed E-state index contributed by atoms with van der Waals surface area (Å²) in [4.78, 5) is 17.0. The predicted molar refractivity (Wildman–Crippen MR) is 141 cm³/mol. The maximum Gasteiger partial charge on any atom is 0.263 e. The molecule has 6 rings (SSSR count). The van der Waals surface area contributed by atoms with Crippen molar-refractivity contribution in [1.29, 1.82) is 0 Å². The number of likely N-dealkylation sites (tertiary alicyclic amines) is 1. The summed E-state index contributed by atoms with van der Waals surface area (Å²) in [5.74, 6) is 0.961. The Labute approximate surface area is 218 Å². The molecule has 192 valence electrons. The summed E-state index contributed by atoms with van der Waals surface area (Å²) >= 11 is 1.59. The van der Waals surface area contributed by atoms with E-state index in [0.29, 0.717) is 17.5 Å². The fourth-order valence-electron chi connectivity index (χ4n) is 4.66. The zero-order valence-electron chi connectivity index (χ0n) is 20.8. The number of hydrogen-bond donors (Lipinski definition) is 2. The van der Waals surface area contributed by atoms with Gasteiger partial charge in [-0.3, -0.25) is 4.68 Å². The fraction of sp³-hybridized carbons (Fsp3) is 0.385. The van der Waals surface area contributed by atoms with Crippen LogP contribution in [0.4, 0.5) is 5.82 Å². The van der Waals surface area contributed by atoms with Gasteiger partial charge in [0.1, 0.15) is 10.6 Å². The van der Waals surface area contributed by atoms with Crippen molar-refractivity contribution in [3.05, 3.63) is 53.4 Å². The zero-order valence-corrected chi connectivity index (χ0v) is 21.6. The molecule has 5 heterocycles. The molecule has 0 radical (unpaired) electrons. The molecular weight excluding hydrogens is 490 g/mol. The molecule has 2 fully saturated rings. The Kier molecular flexibility index (Phi) is 6.15. The molecule has 4 aromatic rings. The molecule has 1 aromatic carbocycles. The van der Waals surface area contributed by atoms with Crippen molar-refractivity contribution in [3.8, 4) is 33.5 Å². The third-order valence-corrected chi connectivity index (χ3v) is 7.90.